The number of hydrogen-bond donors (Lipinski definition) is 1. The molecule has 4 nitrogen and oxygen atoms in total. The van der Waals surface area contributed by atoms with Crippen LogP contribution in [0.5, 0.6) is 0 Å². The molecule has 0 aliphatic carbocycles. The molecule has 1 aliphatic heterocycles. The summed E-state index contributed by atoms with van der Waals surface area (Å²) in [4.78, 5) is 16.0. The van der Waals surface area contributed by atoms with Gasteiger partial charge in [0.1, 0.15) is 9.88 Å². The molecule has 18 heavy (non-hydrogen) atoms. The van der Waals surface area contributed by atoms with Crippen LogP contribution in [0, 0.1) is 0 Å². The van der Waals surface area contributed by atoms with Crippen LogP contribution in [0.3, 0.4) is 0 Å². The van der Waals surface area contributed by atoms with Crippen LogP contribution >= 0.6 is 34.9 Å². The van der Waals surface area contributed by atoms with Crippen LogP contribution in [0.2, 0.25) is 0 Å². The van der Waals surface area contributed by atoms with Crippen molar-refractivity contribution in [2.45, 2.75) is 24.0 Å². The molecule has 0 radical (unpaired) electrons. The molecule has 1 N–H and O–H groups in total. The van der Waals surface area contributed by atoms with E-state index in [1.165, 1.54) is 11.3 Å². The second-order valence-corrected chi connectivity index (χ2v) is 7.70. The molecule has 0 aromatic carbocycles. The normalized spacial score (nSPS) is 24.1. The van der Waals surface area contributed by atoms with Crippen molar-refractivity contribution in [3.63, 3.8) is 0 Å². The maximum Gasteiger partial charge on any atom is 0.347 e. The maximum atomic E-state index is 11.2. The average molecular weight is 305 g/mol. The minimum atomic E-state index is -0.910. The molecule has 2 atom stereocenters. The van der Waals surface area contributed by atoms with Crippen LogP contribution in [0.15, 0.2) is 0 Å². The number of carboxylic acids is 1. The van der Waals surface area contributed by atoms with Gasteiger partial charge in [-0.3, -0.25) is 0 Å². The summed E-state index contributed by atoms with van der Waals surface area (Å²) < 4.78 is 5.02. The Kier molecular flexibility index (Phi) is 4.94. The predicted octanol–water partition coefficient (Wildman–Crippen LogP) is 2.90. The van der Waals surface area contributed by atoms with E-state index in [1.807, 2.05) is 23.5 Å². The van der Waals surface area contributed by atoms with Gasteiger partial charge in [-0.1, -0.05) is 6.92 Å². The molecule has 0 saturated carbocycles. The van der Waals surface area contributed by atoms with Crippen molar-refractivity contribution in [2.24, 2.45) is 0 Å². The highest BCUT2D eigenvalue weighted by Gasteiger charge is 2.29. The summed E-state index contributed by atoms with van der Waals surface area (Å²) in [6.45, 7) is 2.44. The van der Waals surface area contributed by atoms with Gasteiger partial charge < -0.3 is 9.84 Å². The number of ether oxygens (including phenoxy) is 1. The van der Waals surface area contributed by atoms with Crippen molar-refractivity contribution in [1.29, 1.82) is 0 Å². The third-order valence-corrected chi connectivity index (χ3v) is 7.04. The Morgan fingerprint density at radius 3 is 2.83 bits per heavy atom. The topological polar surface area (TPSA) is 59.4 Å². The second kappa shape index (κ2) is 6.27. The van der Waals surface area contributed by atoms with Gasteiger partial charge in [-0.15, -0.1) is 23.1 Å². The summed E-state index contributed by atoms with van der Waals surface area (Å²) in [5.41, 5.74) is 0.549. The third-order valence-electron chi connectivity index (χ3n) is 2.62. The average Bonchev–Trinajstić information content (AvgIpc) is 2.74. The smallest absolute Gasteiger partial charge is 0.347 e. The van der Waals surface area contributed by atoms with Crippen molar-refractivity contribution >= 4 is 40.8 Å². The van der Waals surface area contributed by atoms with E-state index < -0.39 is 5.97 Å². The van der Waals surface area contributed by atoms with Gasteiger partial charge in [0.15, 0.2) is 0 Å². The highest BCUT2D eigenvalue weighted by molar-refractivity contribution is 8.06. The molecule has 0 bridgehead atoms. The van der Waals surface area contributed by atoms with Crippen LogP contribution in [0.4, 0.5) is 0 Å². The highest BCUT2D eigenvalue weighted by Crippen LogP contribution is 2.44. The summed E-state index contributed by atoms with van der Waals surface area (Å²) in [6.07, 6.45) is 0. The lowest BCUT2D eigenvalue weighted by atomic mass is 10.3. The number of thiazole rings is 1. The lowest BCUT2D eigenvalue weighted by molar-refractivity contribution is 0.0697. The van der Waals surface area contributed by atoms with Crippen LogP contribution < -0.4 is 0 Å². The molecule has 1 aromatic heterocycles. The molecular formula is C11H15NO3S3. The van der Waals surface area contributed by atoms with E-state index in [2.05, 4.69) is 11.9 Å². The number of rotatable bonds is 4. The van der Waals surface area contributed by atoms with E-state index in [4.69, 9.17) is 4.74 Å². The Bertz CT molecular complexity index is 435. The van der Waals surface area contributed by atoms with Crippen molar-refractivity contribution in [2.75, 3.05) is 18.6 Å². The quantitative estimate of drug-likeness (QED) is 0.923. The number of aromatic carboxylic acids is 1. The van der Waals surface area contributed by atoms with Crippen LogP contribution in [-0.2, 0) is 11.3 Å². The van der Waals surface area contributed by atoms with Crippen LogP contribution in [-0.4, -0.2) is 39.9 Å². The molecule has 1 saturated heterocycles. The van der Waals surface area contributed by atoms with Gasteiger partial charge in [-0.05, 0) is 0 Å². The number of hydrogen-bond acceptors (Lipinski definition) is 6. The van der Waals surface area contributed by atoms with Gasteiger partial charge in [0.05, 0.1) is 17.6 Å². The first-order chi connectivity index (χ1) is 8.63. The number of thioether (sulfide) groups is 2. The number of nitrogens with zero attached hydrogens (tertiary/aromatic N) is 1. The first kappa shape index (κ1) is 14.2. The Hall–Kier alpha value is -0.240. The first-order valence-corrected chi connectivity index (χ1v) is 8.50. The lowest BCUT2D eigenvalue weighted by Crippen LogP contribution is -2.15. The molecule has 0 amide bonds. The minimum absolute atomic E-state index is 0.261. The minimum Gasteiger partial charge on any atom is -0.477 e. The molecular weight excluding hydrogens is 290 g/mol. The zero-order chi connectivity index (χ0) is 13.1. The molecule has 1 aromatic rings. The van der Waals surface area contributed by atoms with Crippen LogP contribution in [0.1, 0.15) is 32.5 Å². The monoisotopic (exact) mass is 305 g/mol. The Morgan fingerprint density at radius 1 is 1.50 bits per heavy atom. The molecule has 2 rings (SSSR count). The number of methoxy groups -OCH3 is 1. The first-order valence-electron chi connectivity index (χ1n) is 5.58. The van der Waals surface area contributed by atoms with E-state index in [0.29, 0.717) is 21.1 Å². The fourth-order valence-electron chi connectivity index (χ4n) is 1.80. The molecule has 2 unspecified atom stereocenters. The van der Waals surface area contributed by atoms with Gasteiger partial charge in [-0.2, -0.15) is 11.8 Å². The van der Waals surface area contributed by atoms with Gasteiger partial charge >= 0.3 is 5.97 Å². The molecule has 2 heterocycles. The Morgan fingerprint density at radius 2 is 2.22 bits per heavy atom. The fourth-order valence-corrected chi connectivity index (χ4v) is 5.86. The van der Waals surface area contributed by atoms with Gasteiger partial charge in [0, 0.05) is 23.9 Å². The Labute approximate surface area is 119 Å². The summed E-state index contributed by atoms with van der Waals surface area (Å²) >= 11 is 5.09. The standard InChI is InChI=1S/C11H15NO3S3/c1-6-8(17-4-3-16-6)10-12-7(5-15-2)9(18-10)11(13)14/h6,8H,3-5H2,1-2H3,(H,13,14). The molecule has 7 heteroatoms. The van der Waals surface area contributed by atoms with Crippen LogP contribution in [0.25, 0.3) is 0 Å². The SMILES string of the molecule is COCc1nc(C2SCCSC2C)sc1C(=O)O. The predicted molar refractivity (Wildman–Crippen MR) is 76.9 cm³/mol. The number of carboxylic acid groups (broad SMARTS) is 1. The van der Waals surface area contributed by atoms with E-state index in [-0.39, 0.29) is 6.61 Å². The summed E-state index contributed by atoms with van der Waals surface area (Å²) in [7, 11) is 1.55. The number of aromatic nitrogens is 1. The van der Waals surface area contributed by atoms with Gasteiger partial charge in [0.2, 0.25) is 0 Å². The third kappa shape index (κ3) is 3.01. The zero-order valence-electron chi connectivity index (χ0n) is 10.2. The van der Waals surface area contributed by atoms with E-state index >= 15 is 0 Å². The molecule has 1 aliphatic rings. The highest BCUT2D eigenvalue weighted by atomic mass is 32.2. The van der Waals surface area contributed by atoms with E-state index in [1.54, 1.807) is 7.11 Å². The van der Waals surface area contributed by atoms with Crippen molar-refractivity contribution in [3.05, 3.63) is 15.6 Å². The van der Waals surface area contributed by atoms with Gasteiger partial charge in [0.25, 0.3) is 0 Å². The largest absolute Gasteiger partial charge is 0.477 e. The summed E-state index contributed by atoms with van der Waals surface area (Å²) in [5, 5.41) is 10.9. The summed E-state index contributed by atoms with van der Waals surface area (Å²) in [5.74, 6) is 1.35. The van der Waals surface area contributed by atoms with Crippen molar-refractivity contribution < 1.29 is 14.6 Å². The zero-order valence-corrected chi connectivity index (χ0v) is 12.7. The van der Waals surface area contributed by atoms with E-state index in [9.17, 15) is 9.90 Å². The molecule has 0 spiro atoms. The maximum absolute atomic E-state index is 11.2. The lowest BCUT2D eigenvalue weighted by Gasteiger charge is -2.25. The van der Waals surface area contributed by atoms with Crippen molar-refractivity contribution in [1.82, 2.24) is 4.98 Å². The molecule has 1 fully saturated rings. The fraction of sp³-hybridized carbons (Fsp3) is 0.636. The summed E-state index contributed by atoms with van der Waals surface area (Å²) in [6, 6.07) is 0. The van der Waals surface area contributed by atoms with Gasteiger partial charge in [-0.25, -0.2) is 9.78 Å². The second-order valence-electron chi connectivity index (χ2n) is 3.93. The van der Waals surface area contributed by atoms with E-state index in [0.717, 1.165) is 16.5 Å². The molecule has 100 valence electrons. The van der Waals surface area contributed by atoms with Crippen molar-refractivity contribution in [3.8, 4) is 0 Å². The number of carbonyl (C=O) groups is 1. The Balaban J connectivity index is 2.27.